The summed E-state index contributed by atoms with van der Waals surface area (Å²) in [6.45, 7) is 5.30. The van der Waals surface area contributed by atoms with Crippen molar-refractivity contribution in [1.29, 1.82) is 0 Å². The van der Waals surface area contributed by atoms with Crippen molar-refractivity contribution in [2.75, 3.05) is 18.2 Å². The second-order valence-electron chi connectivity index (χ2n) is 11.8. The predicted molar refractivity (Wildman–Crippen MR) is 177 cm³/mol. The Bertz CT molecular complexity index is 2000. The predicted octanol–water partition coefficient (Wildman–Crippen LogP) is 5.16. The lowest BCUT2D eigenvalue weighted by Gasteiger charge is -2.37. The summed E-state index contributed by atoms with van der Waals surface area (Å²) < 4.78 is 15.1. The number of amides is 2. The van der Waals surface area contributed by atoms with E-state index in [2.05, 4.69) is 11.2 Å². The second-order valence-corrected chi connectivity index (χ2v) is 11.8. The van der Waals surface area contributed by atoms with Crippen LogP contribution in [0.25, 0.3) is 11.3 Å². The monoisotopic (exact) mass is 632 g/mol. The van der Waals surface area contributed by atoms with E-state index in [4.69, 9.17) is 15.2 Å². The molecule has 0 unspecified atom stereocenters. The van der Waals surface area contributed by atoms with Crippen LogP contribution in [0, 0.1) is 6.92 Å². The number of benzene rings is 3. The molecule has 0 saturated carbocycles. The summed E-state index contributed by atoms with van der Waals surface area (Å²) >= 11 is 0. The van der Waals surface area contributed by atoms with Gasteiger partial charge in [0.25, 0.3) is 11.8 Å². The first-order valence-corrected chi connectivity index (χ1v) is 15.6. The summed E-state index contributed by atoms with van der Waals surface area (Å²) in [6, 6.07) is 19.8. The van der Waals surface area contributed by atoms with Crippen molar-refractivity contribution in [3.8, 4) is 28.5 Å². The maximum absolute atomic E-state index is 14.5. The van der Waals surface area contributed by atoms with Crippen molar-refractivity contribution in [2.24, 2.45) is 12.8 Å². The van der Waals surface area contributed by atoms with Crippen LogP contribution in [0.15, 0.2) is 79.1 Å². The fourth-order valence-electron chi connectivity index (χ4n) is 6.44. The van der Waals surface area contributed by atoms with E-state index in [0.717, 1.165) is 5.56 Å². The maximum atomic E-state index is 14.5. The van der Waals surface area contributed by atoms with Gasteiger partial charge in [-0.05, 0) is 73.9 Å². The first-order valence-electron chi connectivity index (χ1n) is 15.6. The number of phenols is 1. The Kier molecular flexibility index (Phi) is 7.69. The molecular formula is C36H36N6O5. The van der Waals surface area contributed by atoms with Crippen molar-refractivity contribution >= 4 is 23.2 Å². The minimum atomic E-state index is -0.282. The van der Waals surface area contributed by atoms with E-state index in [-0.39, 0.29) is 30.4 Å². The van der Waals surface area contributed by atoms with E-state index < -0.39 is 0 Å². The average molecular weight is 633 g/mol. The smallest absolute Gasteiger partial charge is 0.264 e. The summed E-state index contributed by atoms with van der Waals surface area (Å²) in [5.41, 5.74) is 12.6. The molecule has 2 aromatic heterocycles. The molecule has 4 heterocycles. The molecule has 11 nitrogen and oxygen atoms in total. The average Bonchev–Trinajstić information content (AvgIpc) is 3.83. The van der Waals surface area contributed by atoms with Gasteiger partial charge in [0.05, 0.1) is 23.0 Å². The highest BCUT2D eigenvalue weighted by molar-refractivity contribution is 6.12. The number of nitrogens with two attached hydrogens (primary N) is 1. The van der Waals surface area contributed by atoms with Gasteiger partial charge in [0, 0.05) is 61.6 Å². The molecule has 0 fully saturated rings. The van der Waals surface area contributed by atoms with Crippen LogP contribution in [0.4, 0.5) is 11.4 Å². The SMILES string of the molecule is CCn1cc(N(C(=O)c2cc(-c3cc4c(cc3C(=O)N3Cc5ccccc5C[C@H]3CN)OCO4)n(C)c2C)c2ccc(O)cc2)cn1. The number of carbonyl (C=O) groups excluding carboxylic acids is 2. The molecule has 47 heavy (non-hydrogen) atoms. The van der Waals surface area contributed by atoms with Crippen LogP contribution in [0.1, 0.15) is 44.5 Å². The van der Waals surface area contributed by atoms with E-state index in [1.54, 1.807) is 46.1 Å². The van der Waals surface area contributed by atoms with Gasteiger partial charge in [0.1, 0.15) is 5.75 Å². The molecule has 2 amide bonds. The Balaban J connectivity index is 1.32. The number of aryl methyl sites for hydroxylation is 1. The molecule has 0 spiro atoms. The standard InChI is InChI=1S/C36H36N6O5/c1-4-40-20-27(18-38-40)42(25-9-11-28(43)12-10-25)36(45)29-14-32(39(3)22(29)2)30-15-33-34(47-21-46-33)16-31(30)35(44)41-19-24-8-6-5-7-23(24)13-26(41)17-37/h5-12,14-16,18,20,26,43H,4,13,17,19,21,37H2,1-3H3/t26-/m0/s1. The van der Waals surface area contributed by atoms with Crippen molar-refractivity contribution in [1.82, 2.24) is 19.2 Å². The summed E-state index contributed by atoms with van der Waals surface area (Å²) in [5, 5.41) is 14.3. The van der Waals surface area contributed by atoms with Crippen molar-refractivity contribution < 1.29 is 24.2 Å². The molecule has 2 aliphatic rings. The summed E-state index contributed by atoms with van der Waals surface area (Å²) in [7, 11) is 1.88. The molecule has 2 aliphatic heterocycles. The third-order valence-corrected chi connectivity index (χ3v) is 9.19. The number of anilines is 2. The molecule has 3 aromatic carbocycles. The van der Waals surface area contributed by atoms with Crippen LogP contribution in [0.3, 0.4) is 0 Å². The molecule has 1 atom stereocenters. The highest BCUT2D eigenvalue weighted by atomic mass is 16.7. The number of phenolic OH excluding ortho intramolecular Hbond substituents is 1. The Morgan fingerprint density at radius 2 is 1.72 bits per heavy atom. The third kappa shape index (κ3) is 5.28. The zero-order valence-electron chi connectivity index (χ0n) is 26.5. The highest BCUT2D eigenvalue weighted by Gasteiger charge is 2.34. The zero-order valence-corrected chi connectivity index (χ0v) is 26.5. The van der Waals surface area contributed by atoms with Crippen molar-refractivity contribution in [2.45, 2.75) is 39.4 Å². The Labute approximate surface area is 272 Å². The molecule has 0 saturated heterocycles. The van der Waals surface area contributed by atoms with Gasteiger partial charge in [-0.2, -0.15) is 5.10 Å². The van der Waals surface area contributed by atoms with Gasteiger partial charge in [0.15, 0.2) is 11.5 Å². The van der Waals surface area contributed by atoms with Crippen LogP contribution >= 0.6 is 0 Å². The first kappa shape index (κ1) is 30.1. The number of hydrogen-bond acceptors (Lipinski definition) is 7. The van der Waals surface area contributed by atoms with Crippen LogP contribution in [-0.4, -0.2) is 55.5 Å². The molecule has 0 bridgehead atoms. The molecule has 11 heteroatoms. The van der Waals surface area contributed by atoms with Gasteiger partial charge >= 0.3 is 0 Å². The molecule has 3 N–H and O–H groups in total. The third-order valence-electron chi connectivity index (χ3n) is 9.19. The molecule has 7 rings (SSSR count). The second kappa shape index (κ2) is 12.0. The van der Waals surface area contributed by atoms with Gasteiger partial charge in [-0.15, -0.1) is 0 Å². The lowest BCUT2D eigenvalue weighted by molar-refractivity contribution is 0.0648. The van der Waals surface area contributed by atoms with Crippen LogP contribution in [-0.2, 0) is 26.6 Å². The largest absolute Gasteiger partial charge is 0.508 e. The lowest BCUT2D eigenvalue weighted by atomic mass is 9.92. The van der Waals surface area contributed by atoms with E-state index in [1.807, 2.05) is 66.9 Å². The van der Waals surface area contributed by atoms with Gasteiger partial charge < -0.3 is 29.8 Å². The van der Waals surface area contributed by atoms with Gasteiger partial charge in [0.2, 0.25) is 6.79 Å². The van der Waals surface area contributed by atoms with E-state index in [9.17, 15) is 14.7 Å². The van der Waals surface area contributed by atoms with Crippen LogP contribution < -0.4 is 20.1 Å². The lowest BCUT2D eigenvalue weighted by Crippen LogP contribution is -2.48. The molecule has 0 radical (unpaired) electrons. The fourth-order valence-corrected chi connectivity index (χ4v) is 6.44. The fraction of sp³-hybridized carbons (Fsp3) is 0.250. The van der Waals surface area contributed by atoms with Crippen molar-refractivity contribution in [3.05, 3.63) is 107 Å². The number of fused-ring (bicyclic) bond motifs is 2. The number of ether oxygens (including phenoxy) is 2. The van der Waals surface area contributed by atoms with E-state index in [1.165, 1.54) is 5.56 Å². The van der Waals surface area contributed by atoms with Crippen LogP contribution in [0.5, 0.6) is 17.2 Å². The van der Waals surface area contributed by atoms with Gasteiger partial charge in [-0.3, -0.25) is 19.2 Å². The topological polar surface area (TPSA) is 128 Å². The molecule has 0 aliphatic carbocycles. The summed E-state index contributed by atoms with van der Waals surface area (Å²) in [6.07, 6.45) is 4.12. The Morgan fingerprint density at radius 3 is 2.43 bits per heavy atom. The quantitative estimate of drug-likeness (QED) is 0.254. The molecular weight excluding hydrogens is 596 g/mol. The Hall–Kier alpha value is -5.55. The first-order chi connectivity index (χ1) is 22.8. The van der Waals surface area contributed by atoms with Gasteiger partial charge in [-0.25, -0.2) is 0 Å². The molecule has 240 valence electrons. The highest BCUT2D eigenvalue weighted by Crippen LogP contribution is 2.41. The van der Waals surface area contributed by atoms with E-state index in [0.29, 0.717) is 77.0 Å². The number of nitrogens with zero attached hydrogens (tertiary/aromatic N) is 5. The minimum Gasteiger partial charge on any atom is -0.508 e. The number of rotatable bonds is 7. The normalized spacial score (nSPS) is 15.1. The van der Waals surface area contributed by atoms with Crippen LogP contribution in [0.2, 0.25) is 0 Å². The van der Waals surface area contributed by atoms with E-state index >= 15 is 0 Å². The van der Waals surface area contributed by atoms with Crippen molar-refractivity contribution in [3.63, 3.8) is 0 Å². The number of carbonyl (C=O) groups is 2. The minimum absolute atomic E-state index is 0.0534. The maximum Gasteiger partial charge on any atom is 0.264 e. The number of aromatic nitrogens is 3. The number of aromatic hydroxyl groups is 1. The summed E-state index contributed by atoms with van der Waals surface area (Å²) in [4.78, 5) is 32.4. The Morgan fingerprint density at radius 1 is 1.00 bits per heavy atom. The van der Waals surface area contributed by atoms with Gasteiger partial charge in [-0.1, -0.05) is 24.3 Å². The molecule has 5 aromatic rings. The summed E-state index contributed by atoms with van der Waals surface area (Å²) in [5.74, 6) is 0.660. The number of hydrogen-bond donors (Lipinski definition) is 2. The zero-order chi connectivity index (χ0) is 32.8.